The summed E-state index contributed by atoms with van der Waals surface area (Å²) in [6, 6.07) is 6.72. The van der Waals surface area contributed by atoms with E-state index >= 15 is 0 Å². The van der Waals surface area contributed by atoms with Gasteiger partial charge in [-0.2, -0.15) is 0 Å². The molecular formula is C25H36N4O2. The maximum atomic E-state index is 5.90. The van der Waals surface area contributed by atoms with Crippen LogP contribution in [-0.4, -0.2) is 47.2 Å². The van der Waals surface area contributed by atoms with E-state index in [-0.39, 0.29) is 0 Å². The van der Waals surface area contributed by atoms with Crippen molar-refractivity contribution in [2.45, 2.75) is 59.5 Å². The monoisotopic (exact) mass is 424 g/mol. The van der Waals surface area contributed by atoms with E-state index in [4.69, 9.17) is 9.47 Å². The van der Waals surface area contributed by atoms with Gasteiger partial charge in [0.1, 0.15) is 6.61 Å². The van der Waals surface area contributed by atoms with E-state index in [1.54, 1.807) is 0 Å². The molecule has 1 aliphatic rings. The number of aryl methyl sites for hydroxylation is 1. The second-order valence-corrected chi connectivity index (χ2v) is 8.27. The number of nitrogens with zero attached hydrogens (tertiary/aromatic N) is 3. The number of rotatable bonds is 10. The van der Waals surface area contributed by atoms with Gasteiger partial charge in [-0.25, -0.2) is 9.97 Å². The summed E-state index contributed by atoms with van der Waals surface area (Å²) in [6.45, 7) is 12.5. The lowest BCUT2D eigenvalue weighted by Gasteiger charge is -2.32. The van der Waals surface area contributed by atoms with E-state index < -0.39 is 0 Å². The van der Waals surface area contributed by atoms with Crippen LogP contribution >= 0.6 is 0 Å². The van der Waals surface area contributed by atoms with Gasteiger partial charge in [0, 0.05) is 38.1 Å². The summed E-state index contributed by atoms with van der Waals surface area (Å²) in [4.78, 5) is 11.4. The summed E-state index contributed by atoms with van der Waals surface area (Å²) in [7, 11) is 0. The van der Waals surface area contributed by atoms with Crippen LogP contribution in [0.5, 0.6) is 11.5 Å². The van der Waals surface area contributed by atoms with Gasteiger partial charge in [0.05, 0.1) is 6.61 Å². The number of hydrogen-bond acceptors (Lipinski definition) is 6. The van der Waals surface area contributed by atoms with Gasteiger partial charge in [-0.1, -0.05) is 18.6 Å². The number of likely N-dealkylation sites (tertiary alicyclic amines) is 1. The van der Waals surface area contributed by atoms with E-state index in [2.05, 4.69) is 59.2 Å². The Morgan fingerprint density at radius 1 is 1.06 bits per heavy atom. The van der Waals surface area contributed by atoms with Gasteiger partial charge in [0.2, 0.25) is 5.95 Å². The Bertz CT molecular complexity index is 839. The summed E-state index contributed by atoms with van der Waals surface area (Å²) in [5.74, 6) is 2.37. The van der Waals surface area contributed by atoms with Gasteiger partial charge in [-0.15, -0.1) is 0 Å². The van der Waals surface area contributed by atoms with E-state index in [0.29, 0.717) is 19.3 Å². The summed E-state index contributed by atoms with van der Waals surface area (Å²) >= 11 is 0. The van der Waals surface area contributed by atoms with Crippen molar-refractivity contribution in [2.24, 2.45) is 0 Å². The van der Waals surface area contributed by atoms with Crippen LogP contribution in [0.4, 0.5) is 5.95 Å². The third-order valence-electron chi connectivity index (χ3n) is 5.48. The maximum Gasteiger partial charge on any atom is 0.222 e. The number of hydrogen-bond donors (Lipinski definition) is 1. The summed E-state index contributed by atoms with van der Waals surface area (Å²) in [5, 5.41) is 3.49. The molecule has 0 atom stereocenters. The molecule has 0 radical (unpaired) electrons. The van der Waals surface area contributed by atoms with Crippen LogP contribution in [0, 0.1) is 0 Å². The van der Waals surface area contributed by atoms with Gasteiger partial charge < -0.3 is 14.8 Å². The number of ether oxygens (including phenoxy) is 2. The molecule has 0 amide bonds. The number of piperidine rings is 1. The normalized spacial score (nSPS) is 14.8. The van der Waals surface area contributed by atoms with Gasteiger partial charge in [-0.05, 0) is 69.4 Å². The number of allylic oxidation sites excluding steroid dienone is 1. The minimum atomic E-state index is 0.425. The third-order valence-corrected chi connectivity index (χ3v) is 5.48. The molecule has 3 rings (SSSR count). The Morgan fingerprint density at radius 2 is 1.81 bits per heavy atom. The fraction of sp³-hybridized carbons (Fsp3) is 0.520. The smallest absolute Gasteiger partial charge is 0.222 e. The molecule has 31 heavy (non-hydrogen) atoms. The molecule has 1 aliphatic heterocycles. The van der Waals surface area contributed by atoms with Crippen molar-refractivity contribution < 1.29 is 9.47 Å². The largest absolute Gasteiger partial charge is 0.490 e. The van der Waals surface area contributed by atoms with Crippen molar-refractivity contribution in [1.82, 2.24) is 14.9 Å². The van der Waals surface area contributed by atoms with E-state index in [1.807, 2.05) is 25.4 Å². The van der Waals surface area contributed by atoms with Crippen molar-refractivity contribution in [3.05, 3.63) is 53.4 Å². The van der Waals surface area contributed by atoms with Crippen molar-refractivity contribution in [3.63, 3.8) is 0 Å². The Kier molecular flexibility index (Phi) is 8.71. The van der Waals surface area contributed by atoms with Gasteiger partial charge >= 0.3 is 0 Å². The SMILES string of the molecule is CCOc1cc(CN2CCC(Nc3ncc(CC)cn3)CC2)ccc1OCC=C(C)C. The van der Waals surface area contributed by atoms with Crippen LogP contribution in [0.15, 0.2) is 42.2 Å². The van der Waals surface area contributed by atoms with Gasteiger partial charge in [0.25, 0.3) is 0 Å². The number of nitrogens with one attached hydrogen (secondary N) is 1. The van der Waals surface area contributed by atoms with E-state index in [1.165, 1.54) is 16.7 Å². The van der Waals surface area contributed by atoms with Crippen molar-refractivity contribution in [3.8, 4) is 11.5 Å². The molecule has 2 aromatic rings. The maximum absolute atomic E-state index is 5.90. The Morgan fingerprint density at radius 3 is 2.45 bits per heavy atom. The highest BCUT2D eigenvalue weighted by Gasteiger charge is 2.20. The first-order valence-electron chi connectivity index (χ1n) is 11.4. The molecule has 0 unspecified atom stereocenters. The van der Waals surface area contributed by atoms with Gasteiger partial charge in [-0.3, -0.25) is 4.90 Å². The molecule has 0 spiro atoms. The number of benzene rings is 1. The standard InChI is InChI=1S/C25H36N4O2/c1-5-20-16-26-25(27-17-20)28-22-9-12-29(13-10-22)18-21-7-8-23(24(15-21)30-6-2)31-14-11-19(3)4/h7-8,11,15-17,22H,5-6,9-10,12-14,18H2,1-4H3,(H,26,27,28). The first-order valence-corrected chi connectivity index (χ1v) is 11.4. The fourth-order valence-corrected chi connectivity index (χ4v) is 3.62. The van der Waals surface area contributed by atoms with Crippen molar-refractivity contribution in [1.29, 1.82) is 0 Å². The Hall–Kier alpha value is -2.60. The molecule has 1 fully saturated rings. The van der Waals surface area contributed by atoms with Crippen molar-refractivity contribution in [2.75, 3.05) is 31.6 Å². The minimum absolute atomic E-state index is 0.425. The zero-order valence-corrected chi connectivity index (χ0v) is 19.4. The fourth-order valence-electron chi connectivity index (χ4n) is 3.62. The van der Waals surface area contributed by atoms with Crippen LogP contribution in [-0.2, 0) is 13.0 Å². The average Bonchev–Trinajstić information content (AvgIpc) is 2.77. The second-order valence-electron chi connectivity index (χ2n) is 8.27. The number of aromatic nitrogens is 2. The lowest BCUT2D eigenvalue weighted by Crippen LogP contribution is -2.39. The molecule has 6 heteroatoms. The molecule has 0 aliphatic carbocycles. The van der Waals surface area contributed by atoms with Crippen LogP contribution in [0.25, 0.3) is 0 Å². The highest BCUT2D eigenvalue weighted by atomic mass is 16.5. The van der Waals surface area contributed by atoms with Crippen LogP contribution in [0.3, 0.4) is 0 Å². The van der Waals surface area contributed by atoms with E-state index in [9.17, 15) is 0 Å². The average molecular weight is 425 g/mol. The van der Waals surface area contributed by atoms with Gasteiger partial charge in [0.15, 0.2) is 11.5 Å². The molecule has 2 heterocycles. The molecule has 1 aromatic carbocycles. The lowest BCUT2D eigenvalue weighted by atomic mass is 10.0. The first-order chi connectivity index (χ1) is 15.1. The predicted molar refractivity (Wildman–Crippen MR) is 126 cm³/mol. The van der Waals surface area contributed by atoms with E-state index in [0.717, 1.165) is 56.3 Å². The molecule has 6 nitrogen and oxygen atoms in total. The summed E-state index contributed by atoms with van der Waals surface area (Å²) < 4.78 is 11.7. The van der Waals surface area contributed by atoms with Crippen LogP contribution in [0.1, 0.15) is 51.7 Å². The summed E-state index contributed by atoms with van der Waals surface area (Å²) in [6.07, 6.45) is 9.03. The van der Waals surface area contributed by atoms with Crippen molar-refractivity contribution >= 4 is 5.95 Å². The second kappa shape index (κ2) is 11.7. The molecule has 1 aromatic heterocycles. The molecule has 0 bridgehead atoms. The minimum Gasteiger partial charge on any atom is -0.490 e. The molecular weight excluding hydrogens is 388 g/mol. The molecule has 1 N–H and O–H groups in total. The highest BCUT2D eigenvalue weighted by Crippen LogP contribution is 2.29. The van der Waals surface area contributed by atoms with Crippen LogP contribution < -0.4 is 14.8 Å². The quantitative estimate of drug-likeness (QED) is 0.550. The van der Waals surface area contributed by atoms with Crippen LogP contribution in [0.2, 0.25) is 0 Å². The zero-order valence-electron chi connectivity index (χ0n) is 19.4. The Balaban J connectivity index is 1.51. The Labute approximate surface area is 186 Å². The molecule has 0 saturated carbocycles. The topological polar surface area (TPSA) is 59.5 Å². The lowest BCUT2D eigenvalue weighted by molar-refractivity contribution is 0.210. The molecule has 168 valence electrons. The predicted octanol–water partition coefficient (Wildman–Crippen LogP) is 4.86. The molecule has 1 saturated heterocycles. The zero-order chi connectivity index (χ0) is 22.1. The highest BCUT2D eigenvalue weighted by molar-refractivity contribution is 5.43. The first kappa shape index (κ1) is 23.1. The summed E-state index contributed by atoms with van der Waals surface area (Å²) in [5.41, 5.74) is 3.67. The third kappa shape index (κ3) is 7.24. The number of anilines is 1.